The number of nitrogens with zero attached hydrogens (tertiary/aromatic N) is 1. The summed E-state index contributed by atoms with van der Waals surface area (Å²) in [7, 11) is 1.64. The molecule has 3 N–H and O–H groups in total. The van der Waals surface area contributed by atoms with Gasteiger partial charge in [-0.2, -0.15) is 11.8 Å². The highest BCUT2D eigenvalue weighted by molar-refractivity contribution is 7.99. The van der Waals surface area contributed by atoms with Gasteiger partial charge in [0, 0.05) is 42.2 Å². The van der Waals surface area contributed by atoms with E-state index in [0.29, 0.717) is 69.5 Å². The third kappa shape index (κ3) is 15.7. The van der Waals surface area contributed by atoms with Gasteiger partial charge in [-0.25, -0.2) is 9.59 Å². The Morgan fingerprint density at radius 1 is 0.825 bits per heavy atom. The first kappa shape index (κ1) is 45.2. The molecule has 3 amide bonds. The van der Waals surface area contributed by atoms with E-state index in [9.17, 15) is 19.2 Å². The number of hydrogen-bond donors (Lipinski definition) is 3. The smallest absolute Gasteiger partial charge is 0.407 e. The van der Waals surface area contributed by atoms with Crippen LogP contribution in [0.1, 0.15) is 95.1 Å². The van der Waals surface area contributed by atoms with E-state index in [1.807, 2.05) is 102 Å². The SMILES string of the molecule is COc1ccc(CSC(CN[C@@H](CCCCNC(=O)OC(C)(C)C)C(=O)N2CCC[C@H]2C(=O)OC(C)(C)C)C(Cc2ccccc2)NC(=O)c2ccccc2)cc1. The van der Waals surface area contributed by atoms with Crippen LogP contribution in [0.2, 0.25) is 0 Å². The summed E-state index contributed by atoms with van der Waals surface area (Å²) in [5.41, 5.74) is 1.46. The number of nitrogens with one attached hydrogen (secondary N) is 3. The van der Waals surface area contributed by atoms with E-state index in [4.69, 9.17) is 14.2 Å². The van der Waals surface area contributed by atoms with Crippen molar-refractivity contribution >= 4 is 35.6 Å². The van der Waals surface area contributed by atoms with Gasteiger partial charge in [-0.3, -0.25) is 9.59 Å². The van der Waals surface area contributed by atoms with Crippen LogP contribution in [0.25, 0.3) is 0 Å². The van der Waals surface area contributed by atoms with E-state index in [1.165, 1.54) is 0 Å². The number of hydrogen-bond acceptors (Lipinski definition) is 9. The minimum Gasteiger partial charge on any atom is -0.497 e. The molecule has 0 radical (unpaired) electrons. The van der Waals surface area contributed by atoms with E-state index >= 15 is 0 Å². The minimum absolute atomic E-state index is 0.157. The summed E-state index contributed by atoms with van der Waals surface area (Å²) in [5.74, 6) is 0.704. The third-order valence-corrected chi connectivity index (χ3v) is 10.8. The second-order valence-corrected chi connectivity index (χ2v) is 17.7. The molecule has 0 aromatic heterocycles. The first-order chi connectivity index (χ1) is 27.1. The fourth-order valence-electron chi connectivity index (χ4n) is 6.62. The van der Waals surface area contributed by atoms with Gasteiger partial charge >= 0.3 is 12.1 Å². The van der Waals surface area contributed by atoms with Crippen molar-refractivity contribution in [3.8, 4) is 5.75 Å². The summed E-state index contributed by atoms with van der Waals surface area (Å²) in [6, 6.07) is 25.6. The molecule has 0 aliphatic carbocycles. The molecule has 1 saturated heterocycles. The number of benzene rings is 3. The number of amides is 3. The Morgan fingerprint density at radius 2 is 1.47 bits per heavy atom. The molecule has 1 fully saturated rings. The quantitative estimate of drug-likeness (QED) is 0.0842. The highest BCUT2D eigenvalue weighted by atomic mass is 32.2. The van der Waals surface area contributed by atoms with Crippen LogP contribution in [0.3, 0.4) is 0 Å². The third-order valence-electron chi connectivity index (χ3n) is 9.39. The van der Waals surface area contributed by atoms with Gasteiger partial charge < -0.3 is 35.1 Å². The van der Waals surface area contributed by atoms with Gasteiger partial charge in [0.25, 0.3) is 5.91 Å². The second-order valence-electron chi connectivity index (χ2n) is 16.4. The van der Waals surface area contributed by atoms with Crippen LogP contribution in [0.15, 0.2) is 84.9 Å². The van der Waals surface area contributed by atoms with Crippen LogP contribution in [-0.4, -0.2) is 90.1 Å². The molecule has 0 spiro atoms. The van der Waals surface area contributed by atoms with Crippen LogP contribution < -0.4 is 20.7 Å². The summed E-state index contributed by atoms with van der Waals surface area (Å²) in [4.78, 5) is 55.5. The number of rotatable bonds is 19. The van der Waals surface area contributed by atoms with E-state index in [2.05, 4.69) is 28.1 Å². The van der Waals surface area contributed by atoms with Gasteiger partial charge in [0.15, 0.2) is 0 Å². The number of carbonyl (C=O) groups excluding carboxylic acids is 4. The van der Waals surface area contributed by atoms with E-state index in [1.54, 1.807) is 35.9 Å². The van der Waals surface area contributed by atoms with Gasteiger partial charge in [-0.05, 0) is 115 Å². The molecule has 57 heavy (non-hydrogen) atoms. The van der Waals surface area contributed by atoms with Crippen molar-refractivity contribution in [2.45, 2.75) is 120 Å². The first-order valence-electron chi connectivity index (χ1n) is 20.0. The molecule has 2 unspecified atom stereocenters. The monoisotopic (exact) mass is 802 g/mol. The Kier molecular flexibility index (Phi) is 17.3. The van der Waals surface area contributed by atoms with E-state index in [0.717, 1.165) is 16.9 Å². The summed E-state index contributed by atoms with van der Waals surface area (Å²) in [5, 5.41) is 9.60. The molecular formula is C45H62N4O7S. The molecule has 0 bridgehead atoms. The number of likely N-dealkylation sites (tertiary alicyclic amines) is 1. The second kappa shape index (κ2) is 21.8. The maximum atomic E-state index is 14.5. The first-order valence-corrected chi connectivity index (χ1v) is 21.0. The molecular weight excluding hydrogens is 741 g/mol. The zero-order valence-electron chi connectivity index (χ0n) is 34.7. The van der Waals surface area contributed by atoms with Crippen LogP contribution >= 0.6 is 11.8 Å². The van der Waals surface area contributed by atoms with E-state index < -0.39 is 35.3 Å². The van der Waals surface area contributed by atoms with Crippen LogP contribution in [0, 0.1) is 0 Å². The number of unbranched alkanes of at least 4 members (excludes halogenated alkanes) is 1. The van der Waals surface area contributed by atoms with E-state index in [-0.39, 0.29) is 23.1 Å². The average molecular weight is 803 g/mol. The molecule has 0 saturated carbocycles. The summed E-state index contributed by atoms with van der Waals surface area (Å²) < 4.78 is 16.5. The molecule has 3 aromatic carbocycles. The summed E-state index contributed by atoms with van der Waals surface area (Å²) >= 11 is 1.71. The molecule has 4 rings (SSSR count). The number of carbonyl (C=O) groups is 4. The number of methoxy groups -OCH3 is 1. The molecule has 1 aliphatic heterocycles. The molecule has 1 aliphatic rings. The van der Waals surface area contributed by atoms with Gasteiger partial charge in [0.2, 0.25) is 5.91 Å². The maximum absolute atomic E-state index is 14.5. The number of thioether (sulfide) groups is 1. The fraction of sp³-hybridized carbons (Fsp3) is 0.511. The number of alkyl carbamates (subject to hydrolysis) is 1. The van der Waals surface area contributed by atoms with Crippen molar-refractivity contribution in [3.05, 3.63) is 102 Å². The predicted molar refractivity (Wildman–Crippen MR) is 226 cm³/mol. The lowest BCUT2D eigenvalue weighted by Crippen LogP contribution is -2.54. The van der Waals surface area contributed by atoms with Gasteiger partial charge in [0.1, 0.15) is 23.0 Å². The summed E-state index contributed by atoms with van der Waals surface area (Å²) in [6.45, 7) is 12.2. The van der Waals surface area contributed by atoms with Crippen LogP contribution in [0.5, 0.6) is 5.75 Å². The maximum Gasteiger partial charge on any atom is 0.407 e. The van der Waals surface area contributed by atoms with Crippen LogP contribution in [0.4, 0.5) is 4.79 Å². The number of ether oxygens (including phenoxy) is 3. The highest BCUT2D eigenvalue weighted by Gasteiger charge is 2.39. The summed E-state index contributed by atoms with van der Waals surface area (Å²) in [6.07, 6.45) is 3.06. The van der Waals surface area contributed by atoms with Crippen molar-refractivity contribution in [2.75, 3.05) is 26.7 Å². The topological polar surface area (TPSA) is 135 Å². The molecule has 1 heterocycles. The van der Waals surface area contributed by atoms with Crippen molar-refractivity contribution in [3.63, 3.8) is 0 Å². The van der Waals surface area contributed by atoms with Crippen molar-refractivity contribution in [1.29, 1.82) is 0 Å². The molecule has 4 atom stereocenters. The van der Waals surface area contributed by atoms with Gasteiger partial charge in [-0.15, -0.1) is 0 Å². The molecule has 11 nitrogen and oxygen atoms in total. The zero-order valence-corrected chi connectivity index (χ0v) is 35.5. The Balaban J connectivity index is 1.60. The van der Waals surface area contributed by atoms with Crippen molar-refractivity contribution in [1.82, 2.24) is 20.9 Å². The van der Waals surface area contributed by atoms with Gasteiger partial charge in [-0.1, -0.05) is 60.7 Å². The van der Waals surface area contributed by atoms with Crippen LogP contribution in [-0.2, 0) is 31.2 Å². The standard InChI is InChI=1S/C45H62N4O7S/c1-44(2,3)55-42(52)38-22-16-28-49(38)41(51)36(21-14-15-27-46-43(53)56-45(4,5)6)47-30-39(57-31-33-23-25-35(54-7)26-24-33)37(29-32-17-10-8-11-18-32)48-40(50)34-19-12-9-13-20-34/h8-13,17-20,23-26,36-39,47H,14-16,21-22,27-31H2,1-7H3,(H,46,53)(H,48,50)/t36-,37?,38-,39?/m0/s1. The minimum atomic E-state index is -0.681. The normalized spacial score (nSPS) is 15.9. The molecule has 310 valence electrons. The predicted octanol–water partition coefficient (Wildman–Crippen LogP) is 7.32. The fourth-order valence-corrected chi connectivity index (χ4v) is 7.83. The zero-order chi connectivity index (χ0) is 41.4. The Hall–Kier alpha value is -4.55. The average Bonchev–Trinajstić information content (AvgIpc) is 3.67. The van der Waals surface area contributed by atoms with Gasteiger partial charge in [0.05, 0.1) is 13.2 Å². The molecule has 12 heteroatoms. The Morgan fingerprint density at radius 3 is 2.11 bits per heavy atom. The Labute approximate surface area is 343 Å². The lowest BCUT2D eigenvalue weighted by molar-refractivity contribution is -0.163. The van der Waals surface area contributed by atoms with Crippen molar-refractivity contribution in [2.24, 2.45) is 0 Å². The Bertz CT molecular complexity index is 1710. The number of esters is 1. The lowest BCUT2D eigenvalue weighted by atomic mass is 10.0. The largest absolute Gasteiger partial charge is 0.497 e. The lowest BCUT2D eigenvalue weighted by Gasteiger charge is -2.33. The highest BCUT2D eigenvalue weighted by Crippen LogP contribution is 2.26. The van der Waals surface area contributed by atoms with Crippen molar-refractivity contribution < 1.29 is 33.4 Å². The molecule has 3 aromatic rings.